The van der Waals surface area contributed by atoms with Gasteiger partial charge in [-0.3, -0.25) is 4.79 Å². The molecule has 0 radical (unpaired) electrons. The van der Waals surface area contributed by atoms with Gasteiger partial charge in [0, 0.05) is 17.0 Å². The summed E-state index contributed by atoms with van der Waals surface area (Å²) in [7, 11) is 0. The highest BCUT2D eigenvalue weighted by Gasteiger charge is 2.35. The minimum absolute atomic E-state index is 0.129. The molecule has 0 heterocycles. The Bertz CT molecular complexity index is 1260. The normalized spacial score (nSPS) is 12.8. The molecular formula is C30H31ClN2O3. The van der Waals surface area contributed by atoms with Crippen molar-refractivity contribution in [3.8, 4) is 6.07 Å². The Kier molecular flexibility index (Phi) is 8.90. The van der Waals surface area contributed by atoms with Crippen LogP contribution in [0.1, 0.15) is 66.2 Å². The van der Waals surface area contributed by atoms with E-state index in [1.54, 1.807) is 32.0 Å². The fourth-order valence-corrected chi connectivity index (χ4v) is 4.26. The van der Waals surface area contributed by atoms with Crippen molar-refractivity contribution < 1.29 is 14.3 Å². The van der Waals surface area contributed by atoms with E-state index in [1.165, 1.54) is 0 Å². The van der Waals surface area contributed by atoms with E-state index >= 15 is 0 Å². The molecule has 0 saturated heterocycles. The Morgan fingerprint density at radius 3 is 2.42 bits per heavy atom. The summed E-state index contributed by atoms with van der Waals surface area (Å²) in [5, 5.41) is 13.1. The van der Waals surface area contributed by atoms with E-state index < -0.39 is 17.5 Å². The predicted octanol–water partition coefficient (Wildman–Crippen LogP) is 6.24. The average molecular weight is 503 g/mol. The summed E-state index contributed by atoms with van der Waals surface area (Å²) < 4.78 is 5.67. The monoisotopic (exact) mass is 502 g/mol. The summed E-state index contributed by atoms with van der Waals surface area (Å²) in [5.41, 5.74) is 2.48. The first-order valence-corrected chi connectivity index (χ1v) is 12.4. The third kappa shape index (κ3) is 6.74. The summed E-state index contributed by atoms with van der Waals surface area (Å²) in [6.07, 6.45) is 1.31. The van der Waals surface area contributed by atoms with Gasteiger partial charge in [-0.05, 0) is 80.6 Å². The van der Waals surface area contributed by atoms with Gasteiger partial charge in [0.05, 0.1) is 17.2 Å². The molecule has 2 unspecified atom stereocenters. The van der Waals surface area contributed by atoms with Crippen molar-refractivity contribution in [1.29, 1.82) is 5.26 Å². The Morgan fingerprint density at radius 1 is 1.06 bits per heavy atom. The summed E-state index contributed by atoms with van der Waals surface area (Å²) >= 11 is 6.06. The van der Waals surface area contributed by atoms with Gasteiger partial charge in [-0.25, -0.2) is 4.79 Å². The van der Waals surface area contributed by atoms with Crippen LogP contribution < -0.4 is 5.32 Å². The number of hydrogen-bond donors (Lipinski definition) is 1. The van der Waals surface area contributed by atoms with Gasteiger partial charge in [-0.1, -0.05) is 61.0 Å². The molecular weight excluding hydrogens is 472 g/mol. The second kappa shape index (κ2) is 11.9. The molecule has 0 aliphatic carbocycles. The van der Waals surface area contributed by atoms with Gasteiger partial charge in [0.25, 0.3) is 5.91 Å². The molecule has 1 N–H and O–H groups in total. The number of rotatable bonds is 9. The number of esters is 1. The maximum atomic E-state index is 13.3. The van der Waals surface area contributed by atoms with Gasteiger partial charge in [-0.15, -0.1) is 0 Å². The molecule has 0 saturated carbocycles. The van der Waals surface area contributed by atoms with E-state index in [9.17, 15) is 14.9 Å². The quantitative estimate of drug-likeness (QED) is 0.351. The average Bonchev–Trinajstić information content (AvgIpc) is 2.87. The van der Waals surface area contributed by atoms with Crippen molar-refractivity contribution in [2.75, 3.05) is 0 Å². The summed E-state index contributed by atoms with van der Waals surface area (Å²) in [6.45, 7) is 7.06. The van der Waals surface area contributed by atoms with E-state index in [-0.39, 0.29) is 12.0 Å². The zero-order valence-electron chi connectivity index (χ0n) is 21.0. The summed E-state index contributed by atoms with van der Waals surface area (Å²) in [6, 6.07) is 24.1. The highest BCUT2D eigenvalue weighted by molar-refractivity contribution is 6.30. The first-order chi connectivity index (χ1) is 17.1. The van der Waals surface area contributed by atoms with E-state index in [0.717, 1.165) is 16.7 Å². The standard InChI is InChI=1S/C30H31ClN2O3/c1-5-23-10-6-7-12-26(23)28(34)36-30(3,4)29(35)33-20(2)27(18-21-13-15-25(31)16-14-21)24-11-8-9-22(17-24)19-32/h6-17,20,27H,5,18H2,1-4H3,(H,33,35). The lowest BCUT2D eigenvalue weighted by Crippen LogP contribution is -2.50. The highest BCUT2D eigenvalue weighted by atomic mass is 35.5. The number of halogens is 1. The molecule has 0 aromatic heterocycles. The van der Waals surface area contributed by atoms with E-state index in [4.69, 9.17) is 16.3 Å². The zero-order valence-corrected chi connectivity index (χ0v) is 21.8. The number of aryl methyl sites for hydroxylation is 1. The number of amides is 1. The Balaban J connectivity index is 1.81. The van der Waals surface area contributed by atoms with Crippen LogP contribution in [0.25, 0.3) is 0 Å². The van der Waals surface area contributed by atoms with Crippen LogP contribution in [0.2, 0.25) is 5.02 Å². The predicted molar refractivity (Wildman–Crippen MR) is 142 cm³/mol. The van der Waals surface area contributed by atoms with E-state index in [1.807, 2.05) is 68.4 Å². The smallest absolute Gasteiger partial charge is 0.339 e. The molecule has 3 aromatic carbocycles. The third-order valence-electron chi connectivity index (χ3n) is 6.29. The fraction of sp³-hybridized carbons (Fsp3) is 0.300. The van der Waals surface area contributed by atoms with Crippen LogP contribution in [0.3, 0.4) is 0 Å². The van der Waals surface area contributed by atoms with Gasteiger partial charge in [0.1, 0.15) is 0 Å². The minimum atomic E-state index is -1.38. The number of carbonyl (C=O) groups excluding carboxylic acids is 2. The molecule has 36 heavy (non-hydrogen) atoms. The van der Waals surface area contributed by atoms with Gasteiger partial charge in [0.15, 0.2) is 5.60 Å². The van der Waals surface area contributed by atoms with Crippen LogP contribution in [0.4, 0.5) is 0 Å². The molecule has 0 aliphatic heterocycles. The van der Waals surface area contributed by atoms with Crippen LogP contribution in [-0.4, -0.2) is 23.5 Å². The van der Waals surface area contributed by atoms with Gasteiger partial charge >= 0.3 is 5.97 Å². The van der Waals surface area contributed by atoms with Crippen molar-refractivity contribution in [2.24, 2.45) is 0 Å². The van der Waals surface area contributed by atoms with Crippen LogP contribution in [0, 0.1) is 11.3 Å². The minimum Gasteiger partial charge on any atom is -0.446 e. The van der Waals surface area contributed by atoms with Crippen molar-refractivity contribution in [1.82, 2.24) is 5.32 Å². The molecule has 0 spiro atoms. The number of carbonyl (C=O) groups is 2. The molecule has 5 nitrogen and oxygen atoms in total. The van der Waals surface area contributed by atoms with Gasteiger partial charge in [-0.2, -0.15) is 5.26 Å². The second-order valence-electron chi connectivity index (χ2n) is 9.35. The first-order valence-electron chi connectivity index (χ1n) is 12.0. The number of nitrogens with one attached hydrogen (secondary N) is 1. The Hall–Kier alpha value is -3.62. The third-order valence-corrected chi connectivity index (χ3v) is 6.54. The zero-order chi connectivity index (χ0) is 26.3. The van der Waals surface area contributed by atoms with Crippen LogP contribution in [-0.2, 0) is 22.4 Å². The van der Waals surface area contributed by atoms with Crippen LogP contribution >= 0.6 is 11.6 Å². The molecule has 0 bridgehead atoms. The lowest BCUT2D eigenvalue weighted by atomic mass is 9.85. The molecule has 0 fully saturated rings. The van der Waals surface area contributed by atoms with Crippen LogP contribution in [0.5, 0.6) is 0 Å². The number of ether oxygens (including phenoxy) is 1. The summed E-state index contributed by atoms with van der Waals surface area (Å²) in [4.78, 5) is 26.2. The molecule has 0 aliphatic rings. The molecule has 3 aromatic rings. The number of nitrogens with zero attached hydrogens (tertiary/aromatic N) is 1. The molecule has 186 valence electrons. The largest absolute Gasteiger partial charge is 0.446 e. The lowest BCUT2D eigenvalue weighted by Gasteiger charge is -2.30. The Morgan fingerprint density at radius 2 is 1.75 bits per heavy atom. The van der Waals surface area contributed by atoms with Crippen molar-refractivity contribution in [2.45, 2.75) is 58.1 Å². The highest BCUT2D eigenvalue weighted by Crippen LogP contribution is 2.27. The first kappa shape index (κ1) is 27.0. The van der Waals surface area contributed by atoms with Crippen molar-refractivity contribution >= 4 is 23.5 Å². The van der Waals surface area contributed by atoms with E-state index in [0.29, 0.717) is 29.0 Å². The maximum absolute atomic E-state index is 13.3. The van der Waals surface area contributed by atoms with Crippen molar-refractivity contribution in [3.63, 3.8) is 0 Å². The van der Waals surface area contributed by atoms with Gasteiger partial charge < -0.3 is 10.1 Å². The summed E-state index contributed by atoms with van der Waals surface area (Å²) in [5.74, 6) is -1.05. The molecule has 1 amide bonds. The number of hydrogen-bond acceptors (Lipinski definition) is 4. The fourth-order valence-electron chi connectivity index (χ4n) is 4.14. The topological polar surface area (TPSA) is 79.2 Å². The maximum Gasteiger partial charge on any atom is 0.339 e. The second-order valence-corrected chi connectivity index (χ2v) is 9.78. The van der Waals surface area contributed by atoms with Crippen molar-refractivity contribution in [3.05, 3.63) is 106 Å². The number of benzene rings is 3. The number of nitriles is 1. The molecule has 2 atom stereocenters. The van der Waals surface area contributed by atoms with Gasteiger partial charge in [0.2, 0.25) is 0 Å². The van der Waals surface area contributed by atoms with Crippen LogP contribution in [0.15, 0.2) is 72.8 Å². The molecule has 6 heteroatoms. The van der Waals surface area contributed by atoms with E-state index in [2.05, 4.69) is 11.4 Å². The SMILES string of the molecule is CCc1ccccc1C(=O)OC(C)(C)C(=O)NC(C)C(Cc1ccc(Cl)cc1)c1cccc(C#N)c1. The lowest BCUT2D eigenvalue weighted by molar-refractivity contribution is -0.138. The Labute approximate surface area is 218 Å². The molecule has 3 rings (SSSR count).